The Labute approximate surface area is 198 Å². The Morgan fingerprint density at radius 3 is 2.61 bits per heavy atom. The number of hydrogen-bond acceptors (Lipinski definition) is 4. The van der Waals surface area contributed by atoms with Crippen LogP contribution >= 0.6 is 0 Å². The van der Waals surface area contributed by atoms with Gasteiger partial charge in [-0.1, -0.05) is 62.4 Å². The average Bonchev–Trinajstić information content (AvgIpc) is 2.82. The maximum atomic E-state index is 12.8. The summed E-state index contributed by atoms with van der Waals surface area (Å²) in [5.74, 6) is 0.899. The lowest BCUT2D eigenvalue weighted by atomic mass is 9.99. The average molecular weight is 473 g/mol. The van der Waals surface area contributed by atoms with Gasteiger partial charge < -0.3 is 10.1 Å². The van der Waals surface area contributed by atoms with Crippen LogP contribution in [0.25, 0.3) is 0 Å². The number of carbonyl (C=O) groups excluding carboxylic acids is 1. The van der Waals surface area contributed by atoms with Crippen LogP contribution in [0, 0.1) is 5.92 Å². The topological polar surface area (TPSA) is 75.7 Å². The number of rotatable bonds is 11. The maximum absolute atomic E-state index is 12.8. The zero-order valence-electron chi connectivity index (χ0n) is 19.7. The largest absolute Gasteiger partial charge is 0.491 e. The summed E-state index contributed by atoms with van der Waals surface area (Å²) in [5, 5.41) is 2.92. The fourth-order valence-corrected chi connectivity index (χ4v) is 5.79. The Hall–Kier alpha value is -2.38. The van der Waals surface area contributed by atoms with E-state index in [1.165, 1.54) is 4.31 Å². The second kappa shape index (κ2) is 12.2. The summed E-state index contributed by atoms with van der Waals surface area (Å²) in [6.45, 7) is 5.77. The molecule has 1 atom stereocenters. The molecule has 0 spiro atoms. The van der Waals surface area contributed by atoms with Gasteiger partial charge in [0.15, 0.2) is 0 Å². The number of sulfonamides is 1. The molecule has 0 saturated carbocycles. The van der Waals surface area contributed by atoms with Crippen LogP contribution in [0.4, 0.5) is 0 Å². The molecule has 1 N–H and O–H groups in total. The lowest BCUT2D eigenvalue weighted by Crippen LogP contribution is -2.46. The standard InChI is InChI=1S/C26H36N2O4S/c1-21(2)24-14-6-7-15-25(24)32-18-16-27-26(29)23-13-8-17-28(20-23)33(30,31)19-9-12-22-10-4-3-5-11-22/h3-7,10-11,14-15,21,23H,8-9,12-13,16-20H2,1-2H3,(H,27,29)/t23-/m0/s1. The van der Waals surface area contributed by atoms with Crippen LogP contribution < -0.4 is 10.1 Å². The first-order valence-corrected chi connectivity index (χ1v) is 13.5. The van der Waals surface area contributed by atoms with E-state index in [9.17, 15) is 13.2 Å². The van der Waals surface area contributed by atoms with Crippen molar-refractivity contribution in [1.82, 2.24) is 9.62 Å². The van der Waals surface area contributed by atoms with Gasteiger partial charge in [-0.05, 0) is 48.8 Å². The van der Waals surface area contributed by atoms with Crippen molar-refractivity contribution < 1.29 is 17.9 Å². The molecule has 1 heterocycles. The molecule has 180 valence electrons. The molecular weight excluding hydrogens is 436 g/mol. The Balaban J connectivity index is 1.43. The van der Waals surface area contributed by atoms with E-state index >= 15 is 0 Å². The second-order valence-electron chi connectivity index (χ2n) is 8.93. The van der Waals surface area contributed by atoms with Gasteiger partial charge in [-0.3, -0.25) is 4.79 Å². The molecule has 1 saturated heterocycles. The highest BCUT2D eigenvalue weighted by atomic mass is 32.2. The fraction of sp³-hybridized carbons (Fsp3) is 0.500. The van der Waals surface area contributed by atoms with Crippen LogP contribution in [0.2, 0.25) is 0 Å². The Morgan fingerprint density at radius 1 is 1.12 bits per heavy atom. The Morgan fingerprint density at radius 2 is 1.85 bits per heavy atom. The van der Waals surface area contributed by atoms with Crippen molar-refractivity contribution in [2.75, 3.05) is 32.0 Å². The number of carbonyl (C=O) groups is 1. The van der Waals surface area contributed by atoms with Crippen molar-refractivity contribution >= 4 is 15.9 Å². The summed E-state index contributed by atoms with van der Waals surface area (Å²) in [5.41, 5.74) is 2.28. The summed E-state index contributed by atoms with van der Waals surface area (Å²) in [4.78, 5) is 12.7. The van der Waals surface area contributed by atoms with E-state index in [-0.39, 0.29) is 24.1 Å². The van der Waals surface area contributed by atoms with Gasteiger partial charge in [-0.15, -0.1) is 0 Å². The number of ether oxygens (including phenoxy) is 1. The number of nitrogens with zero attached hydrogens (tertiary/aromatic N) is 1. The van der Waals surface area contributed by atoms with E-state index in [0.717, 1.165) is 23.3 Å². The van der Waals surface area contributed by atoms with Crippen LogP contribution in [0.3, 0.4) is 0 Å². The summed E-state index contributed by atoms with van der Waals surface area (Å²) in [6, 6.07) is 17.8. The SMILES string of the molecule is CC(C)c1ccccc1OCCNC(=O)[C@H]1CCCN(S(=O)(=O)CCCc2ccccc2)C1. The fourth-order valence-electron chi connectivity index (χ4n) is 4.21. The molecule has 1 aliphatic rings. The lowest BCUT2D eigenvalue weighted by molar-refractivity contribution is -0.126. The predicted molar refractivity (Wildman–Crippen MR) is 132 cm³/mol. The molecular formula is C26H36N2O4S. The first-order chi connectivity index (χ1) is 15.9. The Bertz CT molecular complexity index is 992. The number of benzene rings is 2. The summed E-state index contributed by atoms with van der Waals surface area (Å²) in [6.07, 6.45) is 2.72. The van der Waals surface area contributed by atoms with Crippen LogP contribution in [-0.4, -0.2) is 50.6 Å². The zero-order valence-corrected chi connectivity index (χ0v) is 20.5. The van der Waals surface area contributed by atoms with Gasteiger partial charge in [0.25, 0.3) is 0 Å². The normalized spacial score (nSPS) is 17.1. The number of aryl methyl sites for hydroxylation is 1. The number of piperidine rings is 1. The van der Waals surface area contributed by atoms with Crippen LogP contribution in [0.1, 0.15) is 50.2 Å². The van der Waals surface area contributed by atoms with Gasteiger partial charge >= 0.3 is 0 Å². The molecule has 1 fully saturated rings. The molecule has 33 heavy (non-hydrogen) atoms. The van der Waals surface area contributed by atoms with Gasteiger partial charge in [0.2, 0.25) is 15.9 Å². The number of nitrogens with one attached hydrogen (secondary N) is 1. The van der Waals surface area contributed by atoms with Gasteiger partial charge in [0.1, 0.15) is 12.4 Å². The predicted octanol–water partition coefficient (Wildman–Crippen LogP) is 3.98. The number of para-hydroxylation sites is 1. The molecule has 6 nitrogen and oxygen atoms in total. The molecule has 2 aromatic carbocycles. The molecule has 7 heteroatoms. The first-order valence-electron chi connectivity index (χ1n) is 11.9. The van der Waals surface area contributed by atoms with Crippen molar-refractivity contribution in [3.8, 4) is 5.75 Å². The molecule has 0 aromatic heterocycles. The van der Waals surface area contributed by atoms with Gasteiger partial charge in [-0.25, -0.2) is 12.7 Å². The smallest absolute Gasteiger partial charge is 0.224 e. The molecule has 0 radical (unpaired) electrons. The van der Waals surface area contributed by atoms with Crippen molar-refractivity contribution in [3.63, 3.8) is 0 Å². The lowest BCUT2D eigenvalue weighted by Gasteiger charge is -2.31. The molecule has 0 aliphatic carbocycles. The number of amides is 1. The van der Waals surface area contributed by atoms with E-state index in [1.54, 1.807) is 0 Å². The highest BCUT2D eigenvalue weighted by Crippen LogP contribution is 2.25. The molecule has 0 unspecified atom stereocenters. The second-order valence-corrected chi connectivity index (χ2v) is 11.0. The van der Waals surface area contributed by atoms with Crippen molar-refractivity contribution in [2.24, 2.45) is 5.92 Å². The van der Waals surface area contributed by atoms with E-state index in [4.69, 9.17) is 4.74 Å². The maximum Gasteiger partial charge on any atom is 0.224 e. The minimum Gasteiger partial charge on any atom is -0.491 e. The molecule has 1 aliphatic heterocycles. The van der Waals surface area contributed by atoms with Crippen molar-refractivity contribution in [1.29, 1.82) is 0 Å². The third-order valence-corrected chi connectivity index (χ3v) is 7.98. The van der Waals surface area contributed by atoms with Crippen LogP contribution in [-0.2, 0) is 21.2 Å². The molecule has 1 amide bonds. The van der Waals surface area contributed by atoms with E-state index in [1.807, 2.05) is 48.5 Å². The highest BCUT2D eigenvalue weighted by molar-refractivity contribution is 7.89. The third-order valence-electron chi connectivity index (χ3n) is 6.06. The van der Waals surface area contributed by atoms with Crippen molar-refractivity contribution in [2.45, 2.75) is 45.4 Å². The minimum absolute atomic E-state index is 0.0973. The van der Waals surface area contributed by atoms with E-state index in [0.29, 0.717) is 44.9 Å². The summed E-state index contributed by atoms with van der Waals surface area (Å²) >= 11 is 0. The molecule has 2 aromatic rings. The van der Waals surface area contributed by atoms with Crippen molar-refractivity contribution in [3.05, 3.63) is 65.7 Å². The van der Waals surface area contributed by atoms with Crippen LogP contribution in [0.5, 0.6) is 5.75 Å². The number of hydrogen-bond donors (Lipinski definition) is 1. The van der Waals surface area contributed by atoms with Crippen LogP contribution in [0.15, 0.2) is 54.6 Å². The zero-order chi connectivity index (χ0) is 23.7. The Kier molecular flexibility index (Phi) is 9.32. The third kappa shape index (κ3) is 7.57. The monoisotopic (exact) mass is 472 g/mol. The highest BCUT2D eigenvalue weighted by Gasteiger charge is 2.31. The van der Waals surface area contributed by atoms with Gasteiger partial charge in [0.05, 0.1) is 18.2 Å². The quantitative estimate of drug-likeness (QED) is 0.502. The van der Waals surface area contributed by atoms with E-state index in [2.05, 4.69) is 25.2 Å². The summed E-state index contributed by atoms with van der Waals surface area (Å²) in [7, 11) is -3.37. The van der Waals surface area contributed by atoms with E-state index < -0.39 is 10.0 Å². The first kappa shape index (κ1) is 25.2. The van der Waals surface area contributed by atoms with Gasteiger partial charge in [-0.2, -0.15) is 0 Å². The minimum atomic E-state index is -3.37. The van der Waals surface area contributed by atoms with Gasteiger partial charge in [0, 0.05) is 13.1 Å². The molecule has 3 rings (SSSR count). The molecule has 0 bridgehead atoms. The summed E-state index contributed by atoms with van der Waals surface area (Å²) < 4.78 is 33.0.